The van der Waals surface area contributed by atoms with Gasteiger partial charge in [0.05, 0.1) is 22.4 Å². The van der Waals surface area contributed by atoms with Crippen LogP contribution in [0.4, 0.5) is 0 Å². The van der Waals surface area contributed by atoms with Crippen LogP contribution in [-0.4, -0.2) is 19.9 Å². The van der Waals surface area contributed by atoms with Crippen molar-refractivity contribution in [3.8, 4) is 44.8 Å². The topological polar surface area (TPSA) is 51.6 Å². The first kappa shape index (κ1) is 26.2. The summed E-state index contributed by atoms with van der Waals surface area (Å²) in [4.78, 5) is 19.2. The Balaban J connectivity index is 1.05. The van der Waals surface area contributed by atoms with Crippen LogP contribution in [0.2, 0.25) is 0 Å². The SMILES string of the molecule is c1ccc2cc(-c3ccnc(-c4cnc5c(ccc6cc(-c7cc(-c8ccc9ccccc9c8)ccn7)cnc65)c4)c3)ccc2c1. The largest absolute Gasteiger partial charge is 0.256 e. The first-order valence-electron chi connectivity index (χ1n) is 15.3. The molecule has 9 rings (SSSR count). The van der Waals surface area contributed by atoms with Gasteiger partial charge in [-0.05, 0) is 92.3 Å². The predicted molar refractivity (Wildman–Crippen MR) is 189 cm³/mol. The van der Waals surface area contributed by atoms with E-state index in [9.17, 15) is 0 Å². The molecule has 0 atom stereocenters. The molecular formula is C42H26N4. The van der Waals surface area contributed by atoms with Gasteiger partial charge in [-0.25, -0.2) is 0 Å². The summed E-state index contributed by atoms with van der Waals surface area (Å²) in [7, 11) is 0. The average Bonchev–Trinajstić information content (AvgIpc) is 3.14. The van der Waals surface area contributed by atoms with Gasteiger partial charge in [-0.3, -0.25) is 19.9 Å². The Bertz CT molecular complexity index is 2420. The number of hydrogen-bond acceptors (Lipinski definition) is 4. The lowest BCUT2D eigenvalue weighted by Crippen LogP contribution is -1.91. The highest BCUT2D eigenvalue weighted by Crippen LogP contribution is 2.32. The van der Waals surface area contributed by atoms with Crippen LogP contribution >= 0.6 is 0 Å². The van der Waals surface area contributed by atoms with Gasteiger partial charge in [0.15, 0.2) is 0 Å². The van der Waals surface area contributed by atoms with Crippen molar-refractivity contribution >= 4 is 43.4 Å². The molecule has 0 aliphatic heterocycles. The maximum Gasteiger partial charge on any atom is 0.0965 e. The molecule has 0 spiro atoms. The van der Waals surface area contributed by atoms with E-state index in [1.807, 2.05) is 24.8 Å². The predicted octanol–water partition coefficient (Wildman–Crippen LogP) is 10.5. The molecule has 5 aromatic carbocycles. The Morgan fingerprint density at radius 3 is 1.15 bits per heavy atom. The van der Waals surface area contributed by atoms with Gasteiger partial charge in [0, 0.05) is 46.7 Å². The first-order chi connectivity index (χ1) is 22.7. The Labute approximate surface area is 265 Å². The quantitative estimate of drug-likeness (QED) is 0.193. The number of fused-ring (bicyclic) bond motifs is 5. The molecule has 0 aliphatic rings. The lowest BCUT2D eigenvalue weighted by molar-refractivity contribution is 1.30. The van der Waals surface area contributed by atoms with Gasteiger partial charge in [-0.2, -0.15) is 0 Å². The molecule has 4 nitrogen and oxygen atoms in total. The molecule has 0 unspecified atom stereocenters. The van der Waals surface area contributed by atoms with E-state index in [4.69, 9.17) is 19.9 Å². The van der Waals surface area contributed by atoms with Crippen LogP contribution in [0.1, 0.15) is 0 Å². The Hall–Kier alpha value is -6.26. The minimum Gasteiger partial charge on any atom is -0.256 e. The fourth-order valence-electron chi connectivity index (χ4n) is 6.35. The number of pyridine rings is 4. The van der Waals surface area contributed by atoms with E-state index in [1.54, 1.807) is 0 Å². The van der Waals surface area contributed by atoms with E-state index in [2.05, 4.69) is 133 Å². The standard InChI is InChI=1S/C42H26N4/c1-3-7-29-19-31(11-9-27(29)5-1)33-15-17-43-39(23-33)37-21-35-13-14-36-22-38(26-46-42(36)41(35)45-25-37)40-24-34(16-18-44-40)32-12-10-28-6-2-4-8-30(28)20-32/h1-26H. The van der Waals surface area contributed by atoms with Crippen molar-refractivity contribution in [1.29, 1.82) is 0 Å². The van der Waals surface area contributed by atoms with Crippen LogP contribution in [0, 0.1) is 0 Å². The van der Waals surface area contributed by atoms with Crippen molar-refractivity contribution in [2.75, 3.05) is 0 Å². The Morgan fingerprint density at radius 2 is 0.674 bits per heavy atom. The molecule has 0 saturated carbocycles. The maximum atomic E-state index is 4.89. The van der Waals surface area contributed by atoms with E-state index < -0.39 is 0 Å². The molecule has 0 radical (unpaired) electrons. The molecule has 0 saturated heterocycles. The van der Waals surface area contributed by atoms with E-state index in [1.165, 1.54) is 32.7 Å². The molecule has 4 aromatic heterocycles. The lowest BCUT2D eigenvalue weighted by Gasteiger charge is -2.09. The molecule has 0 bridgehead atoms. The highest BCUT2D eigenvalue weighted by Gasteiger charge is 2.11. The van der Waals surface area contributed by atoms with Crippen molar-refractivity contribution in [2.45, 2.75) is 0 Å². The Morgan fingerprint density at radius 1 is 0.283 bits per heavy atom. The van der Waals surface area contributed by atoms with Gasteiger partial charge >= 0.3 is 0 Å². The zero-order valence-electron chi connectivity index (χ0n) is 24.8. The maximum absolute atomic E-state index is 4.89. The molecule has 0 aliphatic carbocycles. The van der Waals surface area contributed by atoms with Crippen LogP contribution in [0.5, 0.6) is 0 Å². The van der Waals surface area contributed by atoms with Crippen LogP contribution in [0.25, 0.3) is 88.1 Å². The average molecular weight is 587 g/mol. The molecular weight excluding hydrogens is 560 g/mol. The summed E-state index contributed by atoms with van der Waals surface area (Å²) in [5.74, 6) is 0. The minimum atomic E-state index is 0.872. The molecule has 0 fully saturated rings. The second kappa shape index (κ2) is 10.7. The van der Waals surface area contributed by atoms with Crippen molar-refractivity contribution in [2.24, 2.45) is 0 Å². The summed E-state index contributed by atoms with van der Waals surface area (Å²) < 4.78 is 0. The van der Waals surface area contributed by atoms with Gasteiger partial charge in [0.25, 0.3) is 0 Å². The summed E-state index contributed by atoms with van der Waals surface area (Å²) >= 11 is 0. The molecule has 0 N–H and O–H groups in total. The fraction of sp³-hybridized carbons (Fsp3) is 0. The van der Waals surface area contributed by atoms with Crippen molar-refractivity contribution in [3.63, 3.8) is 0 Å². The van der Waals surface area contributed by atoms with Gasteiger partial charge in [-0.1, -0.05) is 84.9 Å². The van der Waals surface area contributed by atoms with Gasteiger partial charge < -0.3 is 0 Å². The summed E-state index contributed by atoms with van der Waals surface area (Å²) in [5.41, 5.74) is 10.1. The third kappa shape index (κ3) is 4.64. The smallest absolute Gasteiger partial charge is 0.0965 e. The lowest BCUT2D eigenvalue weighted by atomic mass is 9.99. The molecule has 0 amide bonds. The minimum absolute atomic E-state index is 0.872. The second-order valence-electron chi connectivity index (χ2n) is 11.6. The number of benzene rings is 5. The highest BCUT2D eigenvalue weighted by atomic mass is 14.8. The van der Waals surface area contributed by atoms with Crippen LogP contribution in [0.15, 0.2) is 158 Å². The molecule has 4 heteroatoms. The highest BCUT2D eigenvalue weighted by molar-refractivity contribution is 6.04. The number of nitrogens with zero attached hydrogens (tertiary/aromatic N) is 4. The summed E-state index contributed by atoms with van der Waals surface area (Å²) in [6, 6.07) is 46.9. The zero-order valence-corrected chi connectivity index (χ0v) is 24.8. The monoisotopic (exact) mass is 586 g/mol. The van der Waals surface area contributed by atoms with Crippen molar-refractivity contribution < 1.29 is 0 Å². The molecule has 4 heterocycles. The van der Waals surface area contributed by atoms with Crippen molar-refractivity contribution in [3.05, 3.63) is 158 Å². The van der Waals surface area contributed by atoms with Crippen LogP contribution in [0.3, 0.4) is 0 Å². The number of rotatable bonds is 4. The first-order valence-corrected chi connectivity index (χ1v) is 15.3. The third-order valence-corrected chi connectivity index (χ3v) is 8.78. The number of hydrogen-bond donors (Lipinski definition) is 0. The van der Waals surface area contributed by atoms with E-state index in [-0.39, 0.29) is 0 Å². The van der Waals surface area contributed by atoms with Crippen molar-refractivity contribution in [1.82, 2.24) is 19.9 Å². The third-order valence-electron chi connectivity index (χ3n) is 8.78. The van der Waals surface area contributed by atoms with Crippen LogP contribution < -0.4 is 0 Å². The second-order valence-corrected chi connectivity index (χ2v) is 11.6. The fourth-order valence-corrected chi connectivity index (χ4v) is 6.35. The molecule has 214 valence electrons. The summed E-state index contributed by atoms with van der Waals surface area (Å²) in [5, 5.41) is 6.97. The Kier molecular flexibility index (Phi) is 6.10. The van der Waals surface area contributed by atoms with Crippen LogP contribution in [-0.2, 0) is 0 Å². The summed E-state index contributed by atoms with van der Waals surface area (Å²) in [6.45, 7) is 0. The number of aromatic nitrogens is 4. The van der Waals surface area contributed by atoms with Gasteiger partial charge in [0.2, 0.25) is 0 Å². The van der Waals surface area contributed by atoms with Gasteiger partial charge in [0.1, 0.15) is 0 Å². The summed E-state index contributed by atoms with van der Waals surface area (Å²) in [6.07, 6.45) is 7.55. The normalized spacial score (nSPS) is 11.5. The molecule has 9 aromatic rings. The van der Waals surface area contributed by atoms with E-state index >= 15 is 0 Å². The van der Waals surface area contributed by atoms with E-state index in [0.29, 0.717) is 0 Å². The van der Waals surface area contributed by atoms with E-state index in [0.717, 1.165) is 55.4 Å². The van der Waals surface area contributed by atoms with Gasteiger partial charge in [-0.15, -0.1) is 0 Å². The molecule has 46 heavy (non-hydrogen) atoms. The zero-order chi connectivity index (χ0) is 30.5.